The molecule has 160 valence electrons. The molecule has 0 saturated carbocycles. The van der Waals surface area contributed by atoms with Crippen molar-refractivity contribution in [2.24, 2.45) is 5.16 Å². The molecule has 0 aliphatic heterocycles. The molecule has 0 N–H and O–H groups in total. The van der Waals surface area contributed by atoms with Crippen molar-refractivity contribution in [1.29, 1.82) is 0 Å². The van der Waals surface area contributed by atoms with Gasteiger partial charge in [-0.3, -0.25) is 4.57 Å². The van der Waals surface area contributed by atoms with Gasteiger partial charge in [0.1, 0.15) is 12.1 Å². The number of hydrogen-bond acceptors (Lipinski definition) is 5. The van der Waals surface area contributed by atoms with Crippen molar-refractivity contribution in [1.82, 2.24) is 24.1 Å². The fourth-order valence-corrected chi connectivity index (χ4v) is 3.83. The Morgan fingerprint density at radius 3 is 2.66 bits per heavy atom. The van der Waals surface area contributed by atoms with Crippen LogP contribution in [0.15, 0.2) is 60.0 Å². The Morgan fingerprint density at radius 1 is 1.09 bits per heavy atom. The highest BCUT2D eigenvalue weighted by atomic mass is 35.5. The molecule has 9 heteroatoms. The maximum absolute atomic E-state index is 13.4. The third kappa shape index (κ3) is 3.48. The van der Waals surface area contributed by atoms with Gasteiger partial charge in [-0.05, 0) is 49.7 Å². The van der Waals surface area contributed by atoms with Crippen molar-refractivity contribution >= 4 is 34.5 Å². The Labute approximate surface area is 187 Å². The molecule has 3 aromatic heterocycles. The Bertz CT molecular complexity index is 1470. The molecule has 0 bridgehead atoms. The molecule has 0 spiro atoms. The molecule has 3 heterocycles. The normalized spacial score (nSPS) is 11.8. The van der Waals surface area contributed by atoms with Crippen LogP contribution < -0.4 is 0 Å². The Balaban J connectivity index is 1.48. The molecule has 5 aromatic rings. The molecule has 2 aromatic carbocycles. The number of benzene rings is 2. The number of nitrogens with zero attached hydrogens (tertiary/aromatic N) is 6. The van der Waals surface area contributed by atoms with E-state index in [1.54, 1.807) is 35.3 Å². The van der Waals surface area contributed by atoms with Crippen LogP contribution in [-0.2, 0) is 11.4 Å². The zero-order chi connectivity index (χ0) is 22.2. The lowest BCUT2D eigenvalue weighted by molar-refractivity contribution is 0.126. The molecular formula is C23H18ClFN6O. The first-order chi connectivity index (χ1) is 15.5. The Morgan fingerprint density at radius 2 is 1.88 bits per heavy atom. The minimum absolute atomic E-state index is 0.0980. The summed E-state index contributed by atoms with van der Waals surface area (Å²) in [6.45, 7) is 4.11. The van der Waals surface area contributed by atoms with E-state index < -0.39 is 0 Å². The molecule has 0 saturated heterocycles. The van der Waals surface area contributed by atoms with Crippen LogP contribution >= 0.6 is 11.6 Å². The SMILES string of the molecule is Cc1c(C)n(-c2ccc(F)cc2)c2ncn3nc(CO/N=C\c4ccccc4Cl)nc3c12. The van der Waals surface area contributed by atoms with E-state index in [0.29, 0.717) is 16.5 Å². The Kier molecular flexibility index (Phi) is 5.07. The van der Waals surface area contributed by atoms with Gasteiger partial charge in [-0.2, -0.15) is 0 Å². The van der Waals surface area contributed by atoms with Crippen molar-refractivity contribution in [2.75, 3.05) is 0 Å². The molecule has 0 amide bonds. The zero-order valence-corrected chi connectivity index (χ0v) is 18.1. The first kappa shape index (κ1) is 20.1. The van der Waals surface area contributed by atoms with E-state index in [1.807, 2.05) is 36.6 Å². The lowest BCUT2D eigenvalue weighted by atomic mass is 10.2. The van der Waals surface area contributed by atoms with Crippen LogP contribution in [0.25, 0.3) is 22.4 Å². The molecule has 7 nitrogen and oxygen atoms in total. The predicted molar refractivity (Wildman–Crippen MR) is 121 cm³/mol. The first-order valence-electron chi connectivity index (χ1n) is 9.90. The predicted octanol–water partition coefficient (Wildman–Crippen LogP) is 5.03. The summed E-state index contributed by atoms with van der Waals surface area (Å²) >= 11 is 6.11. The molecular weight excluding hydrogens is 431 g/mol. The minimum atomic E-state index is -0.283. The summed E-state index contributed by atoms with van der Waals surface area (Å²) in [5, 5.41) is 9.89. The molecule has 0 unspecified atom stereocenters. The minimum Gasteiger partial charge on any atom is -0.387 e. The van der Waals surface area contributed by atoms with Gasteiger partial charge in [0, 0.05) is 22.0 Å². The van der Waals surface area contributed by atoms with E-state index in [-0.39, 0.29) is 12.4 Å². The van der Waals surface area contributed by atoms with Gasteiger partial charge in [0.2, 0.25) is 0 Å². The van der Waals surface area contributed by atoms with Gasteiger partial charge < -0.3 is 4.84 Å². The molecule has 0 atom stereocenters. The van der Waals surface area contributed by atoms with Crippen molar-refractivity contribution < 1.29 is 9.23 Å². The number of aromatic nitrogens is 5. The molecule has 32 heavy (non-hydrogen) atoms. The highest BCUT2D eigenvalue weighted by molar-refractivity contribution is 6.33. The van der Waals surface area contributed by atoms with Crippen LogP contribution in [0, 0.1) is 19.7 Å². The fraction of sp³-hybridized carbons (Fsp3) is 0.130. The van der Waals surface area contributed by atoms with Crippen LogP contribution in [0.4, 0.5) is 4.39 Å². The van der Waals surface area contributed by atoms with Crippen molar-refractivity contribution in [3.05, 3.63) is 88.3 Å². The lowest BCUT2D eigenvalue weighted by Gasteiger charge is -2.07. The summed E-state index contributed by atoms with van der Waals surface area (Å²) in [5.41, 5.74) is 5.02. The largest absolute Gasteiger partial charge is 0.387 e. The van der Waals surface area contributed by atoms with Crippen LogP contribution in [0.1, 0.15) is 22.6 Å². The van der Waals surface area contributed by atoms with Crippen LogP contribution in [0.5, 0.6) is 0 Å². The van der Waals surface area contributed by atoms with E-state index in [4.69, 9.17) is 16.4 Å². The lowest BCUT2D eigenvalue weighted by Crippen LogP contribution is -1.99. The Hall–Kier alpha value is -3.78. The summed E-state index contributed by atoms with van der Waals surface area (Å²) in [6, 6.07) is 13.7. The standard InChI is InChI=1S/C23H18ClFN6O/c1-14-15(2)31(18-9-7-17(25)8-10-18)22-21(14)23-28-20(29-30(23)13-26-22)12-32-27-11-16-5-3-4-6-19(16)24/h3-11,13H,12H2,1-2H3/b27-11-. The van der Waals surface area contributed by atoms with Crippen molar-refractivity contribution in [2.45, 2.75) is 20.5 Å². The second kappa shape index (κ2) is 8.05. The van der Waals surface area contributed by atoms with Gasteiger partial charge in [-0.1, -0.05) is 35.0 Å². The number of oxime groups is 1. The molecule has 0 radical (unpaired) electrons. The topological polar surface area (TPSA) is 69.6 Å². The quantitative estimate of drug-likeness (QED) is 0.279. The van der Waals surface area contributed by atoms with Gasteiger partial charge >= 0.3 is 0 Å². The molecule has 0 aliphatic carbocycles. The third-order valence-electron chi connectivity index (χ3n) is 5.33. The van der Waals surface area contributed by atoms with E-state index in [9.17, 15) is 4.39 Å². The van der Waals surface area contributed by atoms with Gasteiger partial charge in [-0.15, -0.1) is 5.10 Å². The van der Waals surface area contributed by atoms with Crippen molar-refractivity contribution in [3.8, 4) is 5.69 Å². The first-order valence-corrected chi connectivity index (χ1v) is 10.3. The average Bonchev–Trinajstić information content (AvgIpc) is 3.31. The second-order valence-electron chi connectivity index (χ2n) is 7.29. The van der Waals surface area contributed by atoms with Crippen molar-refractivity contribution in [3.63, 3.8) is 0 Å². The summed E-state index contributed by atoms with van der Waals surface area (Å²) < 4.78 is 17.0. The monoisotopic (exact) mass is 448 g/mol. The van der Waals surface area contributed by atoms with E-state index in [0.717, 1.165) is 33.5 Å². The van der Waals surface area contributed by atoms with Crippen LogP contribution in [0.3, 0.4) is 0 Å². The fourth-order valence-electron chi connectivity index (χ4n) is 3.64. The van der Waals surface area contributed by atoms with Gasteiger partial charge in [0.25, 0.3) is 0 Å². The summed E-state index contributed by atoms with van der Waals surface area (Å²) in [6.07, 6.45) is 3.16. The molecule has 0 fully saturated rings. The maximum atomic E-state index is 13.4. The summed E-state index contributed by atoms with van der Waals surface area (Å²) in [5.74, 6) is 0.191. The number of hydrogen-bond donors (Lipinski definition) is 0. The van der Waals surface area contributed by atoms with E-state index in [1.165, 1.54) is 12.1 Å². The van der Waals surface area contributed by atoms with Gasteiger partial charge in [0.05, 0.1) is 11.6 Å². The number of aryl methyl sites for hydroxylation is 1. The highest BCUT2D eigenvalue weighted by Gasteiger charge is 2.19. The van der Waals surface area contributed by atoms with Crippen LogP contribution in [0.2, 0.25) is 5.02 Å². The smallest absolute Gasteiger partial charge is 0.192 e. The number of halogens is 2. The van der Waals surface area contributed by atoms with Crippen LogP contribution in [-0.4, -0.2) is 30.4 Å². The van der Waals surface area contributed by atoms with E-state index >= 15 is 0 Å². The van der Waals surface area contributed by atoms with E-state index in [2.05, 4.69) is 20.2 Å². The second-order valence-corrected chi connectivity index (χ2v) is 7.70. The van der Waals surface area contributed by atoms with Gasteiger partial charge in [0.15, 0.2) is 23.7 Å². The third-order valence-corrected chi connectivity index (χ3v) is 5.67. The molecule has 0 aliphatic rings. The summed E-state index contributed by atoms with van der Waals surface area (Å²) in [7, 11) is 0. The van der Waals surface area contributed by atoms with Gasteiger partial charge in [-0.25, -0.2) is 18.9 Å². The zero-order valence-electron chi connectivity index (χ0n) is 17.3. The molecule has 5 rings (SSSR count). The summed E-state index contributed by atoms with van der Waals surface area (Å²) in [4.78, 5) is 14.6. The maximum Gasteiger partial charge on any atom is 0.192 e. The average molecular weight is 449 g/mol. The highest BCUT2D eigenvalue weighted by Crippen LogP contribution is 2.29. The number of fused-ring (bicyclic) bond motifs is 3. The number of rotatable bonds is 5.